The predicted octanol–water partition coefficient (Wildman–Crippen LogP) is 1.40. The fourth-order valence-electron chi connectivity index (χ4n) is 1.49. The van der Waals surface area contributed by atoms with Gasteiger partial charge in [0, 0.05) is 0 Å². The smallest absolute Gasteiger partial charge is 0.366 e. The first-order valence-corrected chi connectivity index (χ1v) is 6.90. The second-order valence-corrected chi connectivity index (χ2v) is 4.29. The van der Waals surface area contributed by atoms with Crippen LogP contribution in [0.25, 0.3) is 0 Å². The van der Waals surface area contributed by atoms with Gasteiger partial charge < -0.3 is 12.7 Å². The number of carbonyl (C=O) groups is 1. The molecule has 0 heterocycles. The van der Waals surface area contributed by atoms with Crippen molar-refractivity contribution >= 4 is 5.91 Å². The van der Waals surface area contributed by atoms with E-state index in [1.807, 2.05) is 0 Å². The van der Waals surface area contributed by atoms with E-state index in [2.05, 4.69) is 26.2 Å². The Bertz CT molecular complexity index is 162. The minimum atomic E-state index is -0.481. The van der Waals surface area contributed by atoms with Crippen LogP contribution in [0, 0.1) is 6.92 Å². The molecule has 18 heavy (non-hydrogen) atoms. The Morgan fingerprint density at radius 3 is 1.67 bits per heavy atom. The van der Waals surface area contributed by atoms with E-state index >= 15 is 0 Å². The topological polar surface area (TPSA) is 43.1 Å². The molecule has 2 N–H and O–H groups in total. The number of hydrogen-bond acceptors (Lipinski definition) is 1. The van der Waals surface area contributed by atoms with Gasteiger partial charge in [-0.3, -0.25) is 4.79 Å². The van der Waals surface area contributed by atoms with E-state index in [0.717, 1.165) is 12.5 Å². The first kappa shape index (κ1) is 23.3. The zero-order chi connectivity index (χ0) is 13.4. The molecule has 2 nitrogen and oxygen atoms in total. The number of primary amides is 1. The van der Waals surface area contributed by atoms with Crippen molar-refractivity contribution in [1.82, 2.24) is 0 Å². The van der Waals surface area contributed by atoms with Crippen molar-refractivity contribution in [2.45, 2.75) is 71.1 Å². The summed E-state index contributed by atoms with van der Waals surface area (Å²) in [5.41, 5.74) is 4.53. The van der Waals surface area contributed by atoms with Crippen molar-refractivity contribution in [2.24, 2.45) is 5.73 Å². The fraction of sp³-hybridized carbons (Fsp3) is 0.733. The quantitative estimate of drug-likeness (QED) is 0.275. The van der Waals surface area contributed by atoms with Gasteiger partial charge in [0.15, 0.2) is 0 Å². The summed E-state index contributed by atoms with van der Waals surface area (Å²) >= 11 is 0. The van der Waals surface area contributed by atoms with Gasteiger partial charge in [-0.2, -0.15) is 6.42 Å². The monoisotopic (exact) mass is 263 g/mol. The fourth-order valence-corrected chi connectivity index (χ4v) is 1.49. The molecule has 0 fully saturated rings. The van der Waals surface area contributed by atoms with Crippen LogP contribution < -0.4 is 35.3 Å². The van der Waals surface area contributed by atoms with E-state index in [-0.39, 0.29) is 29.6 Å². The van der Waals surface area contributed by atoms with Crippen LogP contribution in [0.15, 0.2) is 12.7 Å². The van der Waals surface area contributed by atoms with Gasteiger partial charge in [0.25, 0.3) is 0 Å². The largest absolute Gasteiger partial charge is 1.00 e. The van der Waals surface area contributed by atoms with Crippen LogP contribution in [0.1, 0.15) is 71.1 Å². The second kappa shape index (κ2) is 22.4. The maximum absolute atomic E-state index is 9.47. The van der Waals surface area contributed by atoms with Crippen LogP contribution in [0.2, 0.25) is 0 Å². The van der Waals surface area contributed by atoms with E-state index in [4.69, 9.17) is 0 Å². The van der Waals surface area contributed by atoms with Gasteiger partial charge in [-0.25, -0.2) is 0 Å². The number of hydrogen-bond donors (Lipinski definition) is 1. The molecule has 0 saturated carbocycles. The SMILES string of the molecule is C=CC(N)=O.[CH2-]CCCCCCCCCCC.[Na+]. The molecule has 0 aliphatic carbocycles. The van der Waals surface area contributed by atoms with Gasteiger partial charge in [-0.05, 0) is 6.08 Å². The standard InChI is InChI=1S/C12H25.C3H5NO.Na/c1-3-5-7-9-11-12-10-8-6-4-2;1-2-3(4)5;/h1,3-12H2,2H3;2H,1H2,(H2,4,5);/q-1;;+1. The van der Waals surface area contributed by atoms with Crippen molar-refractivity contribution in [1.29, 1.82) is 0 Å². The van der Waals surface area contributed by atoms with Gasteiger partial charge >= 0.3 is 29.6 Å². The van der Waals surface area contributed by atoms with Crippen molar-refractivity contribution in [3.63, 3.8) is 0 Å². The number of amides is 1. The van der Waals surface area contributed by atoms with E-state index < -0.39 is 5.91 Å². The Kier molecular flexibility index (Phi) is 29.0. The molecule has 3 heteroatoms. The van der Waals surface area contributed by atoms with Crippen LogP contribution in [-0.2, 0) is 4.79 Å². The molecular formula is C15H30NNaO. The number of unbranched alkanes of at least 4 members (excludes halogenated alkanes) is 9. The van der Waals surface area contributed by atoms with Crippen molar-refractivity contribution < 1.29 is 34.4 Å². The summed E-state index contributed by atoms with van der Waals surface area (Å²) in [5.74, 6) is -0.481. The molecule has 0 aliphatic heterocycles. The van der Waals surface area contributed by atoms with Crippen LogP contribution in [0.3, 0.4) is 0 Å². The Morgan fingerprint density at radius 1 is 1.06 bits per heavy atom. The van der Waals surface area contributed by atoms with Gasteiger partial charge in [-0.1, -0.05) is 71.3 Å². The van der Waals surface area contributed by atoms with Crippen molar-refractivity contribution in [3.05, 3.63) is 19.6 Å². The average molecular weight is 263 g/mol. The zero-order valence-electron chi connectivity index (χ0n) is 12.5. The van der Waals surface area contributed by atoms with Gasteiger partial charge in [0.05, 0.1) is 0 Å². The third-order valence-electron chi connectivity index (χ3n) is 2.55. The number of nitrogens with two attached hydrogens (primary N) is 1. The molecule has 0 spiro atoms. The van der Waals surface area contributed by atoms with Crippen molar-refractivity contribution in [3.8, 4) is 0 Å². The molecule has 0 rings (SSSR count). The van der Waals surface area contributed by atoms with Gasteiger partial charge in [-0.15, -0.1) is 0 Å². The molecule has 102 valence electrons. The molecule has 0 bridgehead atoms. The first-order valence-electron chi connectivity index (χ1n) is 6.90. The summed E-state index contributed by atoms with van der Waals surface area (Å²) in [6.07, 6.45) is 14.9. The third-order valence-corrected chi connectivity index (χ3v) is 2.55. The average Bonchev–Trinajstić information content (AvgIpc) is 2.33. The summed E-state index contributed by atoms with van der Waals surface area (Å²) < 4.78 is 0. The predicted molar refractivity (Wildman–Crippen MR) is 76.6 cm³/mol. The first-order chi connectivity index (χ1) is 8.18. The van der Waals surface area contributed by atoms with Crippen LogP contribution >= 0.6 is 0 Å². The molecule has 0 unspecified atom stereocenters. The summed E-state index contributed by atoms with van der Waals surface area (Å²) in [6.45, 7) is 9.20. The van der Waals surface area contributed by atoms with Gasteiger partial charge in [0.1, 0.15) is 0 Å². The minimum Gasteiger partial charge on any atom is -0.366 e. The molecule has 1 amide bonds. The van der Waals surface area contributed by atoms with Crippen LogP contribution in [0.5, 0.6) is 0 Å². The molecule has 0 aromatic rings. The number of carbonyl (C=O) groups excluding carboxylic acids is 1. The maximum Gasteiger partial charge on any atom is 1.00 e. The number of rotatable bonds is 10. The summed E-state index contributed by atoms with van der Waals surface area (Å²) in [6, 6.07) is 0. The Hall–Kier alpha value is 0.210. The zero-order valence-corrected chi connectivity index (χ0v) is 14.5. The van der Waals surface area contributed by atoms with Gasteiger partial charge in [0.2, 0.25) is 5.91 Å². The minimum absolute atomic E-state index is 0. The van der Waals surface area contributed by atoms with Crippen molar-refractivity contribution in [2.75, 3.05) is 0 Å². The summed E-state index contributed by atoms with van der Waals surface area (Å²) in [4.78, 5) is 9.47. The Balaban J connectivity index is -0.000000321. The van der Waals surface area contributed by atoms with E-state index in [1.165, 1.54) is 57.8 Å². The van der Waals surface area contributed by atoms with E-state index in [9.17, 15) is 4.79 Å². The summed E-state index contributed by atoms with van der Waals surface area (Å²) in [7, 11) is 0. The second-order valence-electron chi connectivity index (χ2n) is 4.29. The molecule has 0 aromatic carbocycles. The van der Waals surface area contributed by atoms with E-state index in [1.54, 1.807) is 0 Å². The Morgan fingerprint density at radius 2 is 1.39 bits per heavy atom. The third kappa shape index (κ3) is 29.8. The normalized spacial score (nSPS) is 8.78. The molecule has 0 aromatic heterocycles. The molecule has 0 saturated heterocycles. The molecule has 0 atom stereocenters. The molecular weight excluding hydrogens is 233 g/mol. The van der Waals surface area contributed by atoms with E-state index in [0.29, 0.717) is 0 Å². The molecule has 0 aliphatic rings. The maximum atomic E-state index is 9.47. The van der Waals surface area contributed by atoms with Crippen LogP contribution in [-0.4, -0.2) is 5.91 Å². The Labute approximate surface area is 136 Å². The van der Waals surface area contributed by atoms with Crippen LogP contribution in [0.4, 0.5) is 0 Å². The summed E-state index contributed by atoms with van der Waals surface area (Å²) in [5, 5.41) is 0. The molecule has 0 radical (unpaired) electrons.